The Morgan fingerprint density at radius 3 is 2.50 bits per heavy atom. The fourth-order valence-electron chi connectivity index (χ4n) is 2.97. The van der Waals surface area contributed by atoms with Gasteiger partial charge in [-0.2, -0.15) is 13.2 Å². The number of hydrogen-bond acceptors (Lipinski definition) is 4. The molecular weight excluding hydrogens is 369 g/mol. The van der Waals surface area contributed by atoms with E-state index in [9.17, 15) is 26.4 Å². The van der Waals surface area contributed by atoms with Gasteiger partial charge in [-0.15, -0.1) is 0 Å². The minimum absolute atomic E-state index is 0.293. The summed E-state index contributed by atoms with van der Waals surface area (Å²) >= 11 is 0. The number of pyridine rings is 1. The summed E-state index contributed by atoms with van der Waals surface area (Å²) in [5.41, 5.74) is -3.91. The van der Waals surface area contributed by atoms with Gasteiger partial charge in [0.25, 0.3) is 15.7 Å². The fourth-order valence-corrected chi connectivity index (χ4v) is 3.84. The molecule has 1 N–H and O–H groups in total. The number of nitrogens with one attached hydrogen (secondary N) is 1. The second-order valence-corrected chi connectivity index (χ2v) is 7.84. The number of aromatic nitrogens is 1. The first-order valence-corrected chi connectivity index (χ1v) is 9.32. The van der Waals surface area contributed by atoms with Gasteiger partial charge < -0.3 is 5.32 Å². The predicted octanol–water partition coefficient (Wildman–Crippen LogP) is 2.66. The number of alkyl halides is 3. The molecule has 5 nitrogen and oxygen atoms in total. The van der Waals surface area contributed by atoms with Gasteiger partial charge in [0.05, 0.1) is 5.56 Å². The maximum Gasteiger partial charge on any atom is 0.503 e. The van der Waals surface area contributed by atoms with Crippen molar-refractivity contribution in [3.63, 3.8) is 0 Å². The highest BCUT2D eigenvalue weighted by atomic mass is 32.2. The van der Waals surface area contributed by atoms with Crippen LogP contribution in [0.3, 0.4) is 0 Å². The van der Waals surface area contributed by atoms with Crippen LogP contribution in [0.2, 0.25) is 0 Å². The molecule has 0 aliphatic heterocycles. The molecule has 1 unspecified atom stereocenters. The summed E-state index contributed by atoms with van der Waals surface area (Å²) in [6.45, 7) is 0. The van der Waals surface area contributed by atoms with Crippen molar-refractivity contribution in [1.82, 2.24) is 10.3 Å². The van der Waals surface area contributed by atoms with Crippen LogP contribution in [-0.4, -0.2) is 30.9 Å². The summed E-state index contributed by atoms with van der Waals surface area (Å²) < 4.78 is 61.8. The second-order valence-electron chi connectivity index (χ2n) is 5.99. The van der Waals surface area contributed by atoms with Crippen molar-refractivity contribution in [2.75, 3.05) is 0 Å². The van der Waals surface area contributed by atoms with E-state index in [1.807, 2.05) is 24.3 Å². The van der Waals surface area contributed by atoms with E-state index in [0.29, 0.717) is 12.8 Å². The number of sulfone groups is 1. The lowest BCUT2D eigenvalue weighted by molar-refractivity contribution is -0.0438. The molecule has 1 amide bonds. The molecule has 1 atom stereocenters. The largest absolute Gasteiger partial charge is 0.503 e. The van der Waals surface area contributed by atoms with Crippen LogP contribution in [0.25, 0.3) is 0 Å². The highest BCUT2D eigenvalue weighted by Crippen LogP contribution is 2.31. The Balaban J connectivity index is 1.84. The number of aryl methyl sites for hydroxylation is 1. The predicted molar refractivity (Wildman–Crippen MR) is 87.2 cm³/mol. The van der Waals surface area contributed by atoms with Crippen LogP contribution in [0, 0.1) is 0 Å². The Morgan fingerprint density at radius 2 is 1.81 bits per heavy atom. The van der Waals surface area contributed by atoms with Crippen LogP contribution >= 0.6 is 0 Å². The molecule has 0 saturated heterocycles. The van der Waals surface area contributed by atoms with E-state index >= 15 is 0 Å². The van der Waals surface area contributed by atoms with E-state index in [0.717, 1.165) is 24.2 Å². The number of hydrogen-bond donors (Lipinski definition) is 1. The standard InChI is InChI=1S/C17H15F3N2O3S/c18-17(19,20)26(24,25)16-14(6-3-9-21-16)15(23)22-13-8-7-11-4-1-2-5-12(11)10-13/h1-6,9,13H,7-8,10H2,(H,22,23). The lowest BCUT2D eigenvalue weighted by Gasteiger charge is -2.25. The van der Waals surface area contributed by atoms with Crippen LogP contribution in [0.15, 0.2) is 47.6 Å². The van der Waals surface area contributed by atoms with Gasteiger partial charge in [0.1, 0.15) is 0 Å². The third-order valence-electron chi connectivity index (χ3n) is 4.26. The summed E-state index contributed by atoms with van der Waals surface area (Å²) in [7, 11) is -5.71. The van der Waals surface area contributed by atoms with Crippen molar-refractivity contribution in [3.8, 4) is 0 Å². The van der Waals surface area contributed by atoms with Gasteiger partial charge in [0, 0.05) is 12.2 Å². The number of fused-ring (bicyclic) bond motifs is 1. The zero-order valence-electron chi connectivity index (χ0n) is 13.5. The summed E-state index contributed by atoms with van der Waals surface area (Å²) in [5.74, 6) is -0.884. The molecule has 0 bridgehead atoms. The summed E-state index contributed by atoms with van der Waals surface area (Å²) in [5, 5.41) is 1.35. The first-order valence-electron chi connectivity index (χ1n) is 7.84. The topological polar surface area (TPSA) is 76.1 Å². The molecule has 0 spiro atoms. The average Bonchev–Trinajstić information content (AvgIpc) is 2.60. The van der Waals surface area contributed by atoms with Gasteiger partial charge in [0.2, 0.25) is 0 Å². The maximum atomic E-state index is 12.8. The zero-order chi connectivity index (χ0) is 18.9. The van der Waals surface area contributed by atoms with Gasteiger partial charge in [-0.3, -0.25) is 4.79 Å². The second kappa shape index (κ2) is 6.71. The zero-order valence-corrected chi connectivity index (χ0v) is 14.3. The Labute approximate surface area is 148 Å². The molecule has 1 aliphatic carbocycles. The molecule has 0 fully saturated rings. The van der Waals surface area contributed by atoms with Crippen LogP contribution in [-0.2, 0) is 22.7 Å². The van der Waals surface area contributed by atoms with Crippen molar-refractivity contribution >= 4 is 15.7 Å². The van der Waals surface area contributed by atoms with Crippen molar-refractivity contribution in [1.29, 1.82) is 0 Å². The van der Waals surface area contributed by atoms with E-state index in [2.05, 4.69) is 10.3 Å². The van der Waals surface area contributed by atoms with Crippen molar-refractivity contribution in [2.24, 2.45) is 0 Å². The quantitative estimate of drug-likeness (QED) is 0.883. The van der Waals surface area contributed by atoms with Crippen LogP contribution in [0.4, 0.5) is 13.2 Å². The van der Waals surface area contributed by atoms with Crippen LogP contribution < -0.4 is 5.32 Å². The lowest BCUT2D eigenvalue weighted by atomic mass is 9.88. The van der Waals surface area contributed by atoms with E-state index in [1.165, 1.54) is 11.6 Å². The molecule has 138 valence electrons. The van der Waals surface area contributed by atoms with Crippen molar-refractivity contribution < 1.29 is 26.4 Å². The molecule has 9 heteroatoms. The normalized spacial score (nSPS) is 17.4. The summed E-state index contributed by atoms with van der Waals surface area (Å²) in [4.78, 5) is 15.7. The number of carbonyl (C=O) groups excluding carboxylic acids is 1. The van der Waals surface area contributed by atoms with Gasteiger partial charge in [-0.1, -0.05) is 24.3 Å². The Hall–Kier alpha value is -2.42. The van der Waals surface area contributed by atoms with Gasteiger partial charge >= 0.3 is 5.51 Å². The molecule has 1 heterocycles. The van der Waals surface area contributed by atoms with E-state index < -0.39 is 31.8 Å². The third-order valence-corrected chi connectivity index (χ3v) is 5.70. The molecule has 26 heavy (non-hydrogen) atoms. The lowest BCUT2D eigenvalue weighted by Crippen LogP contribution is -2.40. The molecule has 1 aromatic heterocycles. The van der Waals surface area contributed by atoms with Crippen LogP contribution in [0.1, 0.15) is 27.9 Å². The van der Waals surface area contributed by atoms with Gasteiger partial charge in [-0.05, 0) is 42.5 Å². The smallest absolute Gasteiger partial charge is 0.349 e. The summed E-state index contributed by atoms with van der Waals surface area (Å²) in [6, 6.07) is 9.66. The monoisotopic (exact) mass is 384 g/mol. The first kappa shape index (κ1) is 18.4. The molecule has 1 aromatic carbocycles. The van der Waals surface area contributed by atoms with E-state index in [-0.39, 0.29) is 6.04 Å². The minimum atomic E-state index is -5.71. The third kappa shape index (κ3) is 3.44. The van der Waals surface area contributed by atoms with Gasteiger partial charge in [-0.25, -0.2) is 13.4 Å². The molecule has 3 rings (SSSR count). The van der Waals surface area contributed by atoms with Crippen molar-refractivity contribution in [2.45, 2.75) is 35.8 Å². The summed E-state index contributed by atoms with van der Waals surface area (Å²) in [6.07, 6.45) is 2.78. The number of amides is 1. The fraction of sp³-hybridized carbons (Fsp3) is 0.294. The van der Waals surface area contributed by atoms with Gasteiger partial charge in [0.15, 0.2) is 5.03 Å². The highest BCUT2D eigenvalue weighted by Gasteiger charge is 2.49. The van der Waals surface area contributed by atoms with E-state index in [1.54, 1.807) is 0 Å². The minimum Gasteiger partial charge on any atom is -0.349 e. The number of benzene rings is 1. The van der Waals surface area contributed by atoms with E-state index in [4.69, 9.17) is 0 Å². The Bertz CT molecular complexity index is 942. The molecule has 1 aliphatic rings. The number of carbonyl (C=O) groups is 1. The molecule has 0 saturated carbocycles. The van der Waals surface area contributed by atoms with Crippen molar-refractivity contribution in [3.05, 3.63) is 59.3 Å². The molecule has 0 radical (unpaired) electrons. The Kier molecular flexibility index (Phi) is 4.74. The highest BCUT2D eigenvalue weighted by molar-refractivity contribution is 7.92. The number of nitrogens with zero attached hydrogens (tertiary/aromatic N) is 1. The number of rotatable bonds is 3. The Morgan fingerprint density at radius 1 is 1.12 bits per heavy atom. The van der Waals surface area contributed by atoms with Crippen LogP contribution in [0.5, 0.6) is 0 Å². The maximum absolute atomic E-state index is 12.8. The number of halogens is 3. The molecular formula is C17H15F3N2O3S. The first-order chi connectivity index (χ1) is 12.2. The molecule has 2 aromatic rings. The SMILES string of the molecule is O=C(NC1CCc2ccccc2C1)c1cccnc1S(=O)(=O)C(F)(F)F. The average molecular weight is 384 g/mol.